The van der Waals surface area contributed by atoms with E-state index in [1.165, 1.54) is 18.2 Å². The van der Waals surface area contributed by atoms with Gasteiger partial charge in [-0.1, -0.05) is 18.2 Å². The van der Waals surface area contributed by atoms with Crippen LogP contribution in [0.3, 0.4) is 0 Å². The topological polar surface area (TPSA) is 49.3 Å². The summed E-state index contributed by atoms with van der Waals surface area (Å²) in [6.45, 7) is 3.24. The molecule has 104 valence electrons. The standard InChI is InChI=1S/C16H16FNO2/c1-10-9-12(7-8-14(10)17)16(20)18-15-6-4-3-5-13(15)11(2)19/h3-9,11,19H,1-2H3,(H,18,20). The molecule has 0 heterocycles. The molecule has 1 amide bonds. The molecule has 0 bridgehead atoms. The summed E-state index contributed by atoms with van der Waals surface area (Å²) < 4.78 is 13.2. The lowest BCUT2D eigenvalue weighted by molar-refractivity contribution is 0.102. The van der Waals surface area contributed by atoms with Crippen molar-refractivity contribution in [1.82, 2.24) is 0 Å². The van der Waals surface area contributed by atoms with E-state index < -0.39 is 6.10 Å². The van der Waals surface area contributed by atoms with Gasteiger partial charge in [-0.2, -0.15) is 0 Å². The summed E-state index contributed by atoms with van der Waals surface area (Å²) in [4.78, 5) is 12.1. The number of halogens is 1. The molecule has 1 unspecified atom stereocenters. The third-order valence-corrected chi connectivity index (χ3v) is 3.08. The molecule has 0 fully saturated rings. The van der Waals surface area contributed by atoms with E-state index in [-0.39, 0.29) is 11.7 Å². The molecular formula is C16H16FNO2. The number of hydrogen-bond donors (Lipinski definition) is 2. The predicted octanol–water partition coefficient (Wildman–Crippen LogP) is 3.44. The van der Waals surface area contributed by atoms with Crippen LogP contribution in [-0.2, 0) is 0 Å². The summed E-state index contributed by atoms with van der Waals surface area (Å²) in [5.41, 5.74) is 1.99. The zero-order chi connectivity index (χ0) is 14.7. The number of nitrogens with one attached hydrogen (secondary N) is 1. The molecule has 3 nitrogen and oxygen atoms in total. The Morgan fingerprint density at radius 3 is 2.60 bits per heavy atom. The molecule has 0 aliphatic heterocycles. The average Bonchev–Trinajstić information content (AvgIpc) is 2.42. The van der Waals surface area contributed by atoms with Gasteiger partial charge in [-0.05, 0) is 43.7 Å². The SMILES string of the molecule is Cc1cc(C(=O)Nc2ccccc2C(C)O)ccc1F. The van der Waals surface area contributed by atoms with Crippen molar-refractivity contribution in [1.29, 1.82) is 0 Å². The Morgan fingerprint density at radius 2 is 1.95 bits per heavy atom. The quantitative estimate of drug-likeness (QED) is 0.900. The van der Waals surface area contributed by atoms with Gasteiger partial charge in [0.05, 0.1) is 6.10 Å². The highest BCUT2D eigenvalue weighted by Gasteiger charge is 2.12. The van der Waals surface area contributed by atoms with Gasteiger partial charge < -0.3 is 10.4 Å². The Hall–Kier alpha value is -2.20. The van der Waals surface area contributed by atoms with Crippen molar-refractivity contribution < 1.29 is 14.3 Å². The number of aryl methyl sites for hydroxylation is 1. The number of anilines is 1. The second-order valence-corrected chi connectivity index (χ2v) is 4.68. The first-order valence-electron chi connectivity index (χ1n) is 6.33. The predicted molar refractivity (Wildman–Crippen MR) is 76.2 cm³/mol. The molecule has 2 aromatic rings. The number of aliphatic hydroxyl groups excluding tert-OH is 1. The minimum absolute atomic E-state index is 0.332. The van der Waals surface area contributed by atoms with Crippen LogP contribution in [0.1, 0.15) is 34.5 Å². The van der Waals surface area contributed by atoms with Crippen molar-refractivity contribution in [2.45, 2.75) is 20.0 Å². The molecule has 1 atom stereocenters. The first kappa shape index (κ1) is 14.2. The third-order valence-electron chi connectivity index (χ3n) is 3.08. The lowest BCUT2D eigenvalue weighted by atomic mass is 10.1. The van der Waals surface area contributed by atoms with Gasteiger partial charge in [0, 0.05) is 16.8 Å². The van der Waals surface area contributed by atoms with Gasteiger partial charge in [-0.3, -0.25) is 4.79 Å². The second kappa shape index (κ2) is 5.84. The van der Waals surface area contributed by atoms with Gasteiger partial charge in [-0.15, -0.1) is 0 Å². The molecule has 2 N–H and O–H groups in total. The smallest absolute Gasteiger partial charge is 0.255 e. The Labute approximate surface area is 117 Å². The highest BCUT2D eigenvalue weighted by atomic mass is 19.1. The zero-order valence-corrected chi connectivity index (χ0v) is 11.4. The van der Waals surface area contributed by atoms with Crippen molar-refractivity contribution in [2.24, 2.45) is 0 Å². The van der Waals surface area contributed by atoms with Gasteiger partial charge in [-0.25, -0.2) is 4.39 Å². The van der Waals surface area contributed by atoms with Crippen LogP contribution in [0.15, 0.2) is 42.5 Å². The van der Waals surface area contributed by atoms with Crippen LogP contribution in [0.25, 0.3) is 0 Å². The summed E-state index contributed by atoms with van der Waals surface area (Å²) >= 11 is 0. The van der Waals surface area contributed by atoms with Crippen LogP contribution >= 0.6 is 0 Å². The molecule has 2 aromatic carbocycles. The van der Waals surface area contributed by atoms with Crippen LogP contribution in [0, 0.1) is 12.7 Å². The summed E-state index contributed by atoms with van der Waals surface area (Å²) in [7, 11) is 0. The van der Waals surface area contributed by atoms with E-state index in [1.54, 1.807) is 38.1 Å². The maximum atomic E-state index is 13.2. The Kier molecular flexibility index (Phi) is 4.15. The normalized spacial score (nSPS) is 12.0. The van der Waals surface area contributed by atoms with E-state index in [9.17, 15) is 14.3 Å². The van der Waals surface area contributed by atoms with Crippen molar-refractivity contribution in [2.75, 3.05) is 5.32 Å². The Bertz CT molecular complexity index is 638. The van der Waals surface area contributed by atoms with Gasteiger partial charge >= 0.3 is 0 Å². The van der Waals surface area contributed by atoms with Crippen LogP contribution in [0.2, 0.25) is 0 Å². The number of amides is 1. The van der Waals surface area contributed by atoms with Crippen molar-refractivity contribution >= 4 is 11.6 Å². The molecule has 0 spiro atoms. The van der Waals surface area contributed by atoms with Crippen LogP contribution in [-0.4, -0.2) is 11.0 Å². The van der Waals surface area contributed by atoms with Crippen LogP contribution in [0.4, 0.5) is 10.1 Å². The molecule has 0 radical (unpaired) electrons. The number of rotatable bonds is 3. The van der Waals surface area contributed by atoms with Crippen molar-refractivity contribution in [3.63, 3.8) is 0 Å². The van der Waals surface area contributed by atoms with E-state index in [4.69, 9.17) is 0 Å². The van der Waals surface area contributed by atoms with Crippen LogP contribution < -0.4 is 5.32 Å². The van der Waals surface area contributed by atoms with E-state index in [0.717, 1.165) is 0 Å². The van der Waals surface area contributed by atoms with E-state index >= 15 is 0 Å². The largest absolute Gasteiger partial charge is 0.389 e. The monoisotopic (exact) mass is 273 g/mol. The Balaban J connectivity index is 2.26. The van der Waals surface area contributed by atoms with Crippen molar-refractivity contribution in [3.8, 4) is 0 Å². The molecular weight excluding hydrogens is 257 g/mol. The summed E-state index contributed by atoms with van der Waals surface area (Å²) in [6, 6.07) is 11.2. The zero-order valence-electron chi connectivity index (χ0n) is 11.4. The molecule has 0 aliphatic carbocycles. The van der Waals surface area contributed by atoms with Gasteiger partial charge in [0.15, 0.2) is 0 Å². The first-order valence-corrected chi connectivity index (χ1v) is 6.33. The van der Waals surface area contributed by atoms with E-state index in [1.807, 2.05) is 0 Å². The molecule has 0 saturated carbocycles. The second-order valence-electron chi connectivity index (χ2n) is 4.68. The lowest BCUT2D eigenvalue weighted by Gasteiger charge is -2.13. The summed E-state index contributed by atoms with van der Waals surface area (Å²) in [6.07, 6.45) is -0.679. The number of carbonyl (C=O) groups excluding carboxylic acids is 1. The number of hydrogen-bond acceptors (Lipinski definition) is 2. The fraction of sp³-hybridized carbons (Fsp3) is 0.188. The summed E-state index contributed by atoms with van der Waals surface area (Å²) in [5.74, 6) is -0.674. The number of para-hydroxylation sites is 1. The van der Waals surface area contributed by atoms with E-state index in [2.05, 4.69) is 5.32 Å². The van der Waals surface area contributed by atoms with Gasteiger partial charge in [0.25, 0.3) is 5.91 Å². The van der Waals surface area contributed by atoms with Gasteiger partial charge in [0.2, 0.25) is 0 Å². The fourth-order valence-corrected chi connectivity index (χ4v) is 1.96. The minimum Gasteiger partial charge on any atom is -0.389 e. The highest BCUT2D eigenvalue weighted by molar-refractivity contribution is 6.04. The molecule has 2 rings (SSSR count). The molecule has 0 saturated heterocycles. The van der Waals surface area contributed by atoms with Crippen molar-refractivity contribution in [3.05, 3.63) is 65.0 Å². The maximum absolute atomic E-state index is 13.2. The molecule has 0 aliphatic rings. The Morgan fingerprint density at radius 1 is 1.25 bits per heavy atom. The lowest BCUT2D eigenvalue weighted by Crippen LogP contribution is -2.14. The maximum Gasteiger partial charge on any atom is 0.255 e. The number of carbonyl (C=O) groups is 1. The van der Waals surface area contributed by atoms with Gasteiger partial charge in [0.1, 0.15) is 5.82 Å². The summed E-state index contributed by atoms with van der Waals surface area (Å²) in [5, 5.41) is 12.4. The highest BCUT2D eigenvalue weighted by Crippen LogP contribution is 2.23. The number of benzene rings is 2. The minimum atomic E-state index is -0.679. The van der Waals surface area contributed by atoms with Crippen LogP contribution in [0.5, 0.6) is 0 Å². The third kappa shape index (κ3) is 3.03. The fourth-order valence-electron chi connectivity index (χ4n) is 1.96. The van der Waals surface area contributed by atoms with E-state index in [0.29, 0.717) is 22.4 Å². The molecule has 0 aromatic heterocycles. The average molecular weight is 273 g/mol. The molecule has 4 heteroatoms. The number of aliphatic hydroxyl groups is 1. The molecule has 20 heavy (non-hydrogen) atoms. The first-order chi connectivity index (χ1) is 9.49.